The molecule has 0 aliphatic heterocycles. The zero-order valence-electron chi connectivity index (χ0n) is 17.1. The molecule has 0 saturated carbocycles. The summed E-state index contributed by atoms with van der Waals surface area (Å²) in [6.45, 7) is 1.82. The van der Waals surface area contributed by atoms with Crippen molar-refractivity contribution in [3.8, 4) is 5.75 Å². The first-order valence-corrected chi connectivity index (χ1v) is 10.2. The van der Waals surface area contributed by atoms with Gasteiger partial charge in [-0.2, -0.15) is 5.10 Å². The Bertz CT molecular complexity index is 1160. The number of amides is 1. The second-order valence-corrected chi connectivity index (χ2v) is 7.05. The van der Waals surface area contributed by atoms with Crippen molar-refractivity contribution < 1.29 is 23.5 Å². The smallest absolute Gasteiger partial charge is 0.345 e. The van der Waals surface area contributed by atoms with Gasteiger partial charge in [-0.05, 0) is 37.3 Å². The first kappa shape index (κ1) is 23.2. The highest BCUT2D eigenvalue weighted by Gasteiger charge is 2.25. The van der Waals surface area contributed by atoms with Crippen LogP contribution in [0.15, 0.2) is 58.0 Å². The number of carbonyl (C=O) groups excluding carboxylic acids is 2. The van der Waals surface area contributed by atoms with Gasteiger partial charge < -0.3 is 19.2 Å². The third-order valence-corrected chi connectivity index (χ3v) is 4.75. The van der Waals surface area contributed by atoms with Crippen LogP contribution in [0.2, 0.25) is 10.0 Å². The number of carbonyl (C=O) groups is 2. The highest BCUT2D eigenvalue weighted by Crippen LogP contribution is 2.34. The molecule has 2 N–H and O–H groups in total. The van der Waals surface area contributed by atoms with Crippen molar-refractivity contribution in [1.82, 2.24) is 5.43 Å². The van der Waals surface area contributed by atoms with E-state index < -0.39 is 11.9 Å². The monoisotopic (exact) mass is 475 g/mol. The number of halogens is 2. The number of methoxy groups -OCH3 is 1. The van der Waals surface area contributed by atoms with E-state index in [0.717, 1.165) is 0 Å². The molecule has 1 aromatic heterocycles. The van der Waals surface area contributed by atoms with Gasteiger partial charge in [-0.3, -0.25) is 4.79 Å². The number of anilines is 2. The molecule has 3 aromatic rings. The van der Waals surface area contributed by atoms with Crippen LogP contribution in [0, 0.1) is 0 Å². The highest BCUT2D eigenvalue weighted by atomic mass is 35.5. The van der Waals surface area contributed by atoms with Crippen LogP contribution in [0.3, 0.4) is 0 Å². The summed E-state index contributed by atoms with van der Waals surface area (Å²) < 4.78 is 15.9. The van der Waals surface area contributed by atoms with Crippen molar-refractivity contribution in [3.63, 3.8) is 0 Å². The number of ether oxygens (including phenoxy) is 2. The average molecular weight is 476 g/mol. The SMILES string of the molecule is CCOC(=O)c1c(Nc2cccc(Cl)c2)oc(/C=N\NC(=O)c2ccccc2OC)c1Cl. The minimum absolute atomic E-state index is 0.00834. The van der Waals surface area contributed by atoms with Crippen molar-refractivity contribution >= 4 is 52.9 Å². The van der Waals surface area contributed by atoms with Crippen molar-refractivity contribution in [3.05, 3.63) is 75.5 Å². The van der Waals surface area contributed by atoms with Crippen molar-refractivity contribution in [2.24, 2.45) is 5.10 Å². The molecule has 0 atom stereocenters. The summed E-state index contributed by atoms with van der Waals surface area (Å²) in [5.74, 6) is -0.686. The number of nitrogens with one attached hydrogen (secondary N) is 2. The molecule has 166 valence electrons. The Morgan fingerprint density at radius 3 is 2.66 bits per heavy atom. The zero-order valence-corrected chi connectivity index (χ0v) is 18.7. The third-order valence-electron chi connectivity index (χ3n) is 4.14. The number of esters is 1. The molecule has 0 spiro atoms. The van der Waals surface area contributed by atoms with Gasteiger partial charge in [0.05, 0.1) is 25.5 Å². The predicted octanol–water partition coefficient (Wildman–Crippen LogP) is 5.28. The molecular weight excluding hydrogens is 457 g/mol. The van der Waals surface area contributed by atoms with E-state index in [1.807, 2.05) is 0 Å². The fraction of sp³-hybridized carbons (Fsp3) is 0.136. The lowest BCUT2D eigenvalue weighted by Gasteiger charge is -2.06. The van der Waals surface area contributed by atoms with E-state index in [1.54, 1.807) is 55.5 Å². The van der Waals surface area contributed by atoms with Gasteiger partial charge in [-0.25, -0.2) is 10.2 Å². The van der Waals surface area contributed by atoms with Crippen LogP contribution >= 0.6 is 23.2 Å². The number of nitrogens with zero attached hydrogens (tertiary/aromatic N) is 1. The number of para-hydroxylation sites is 1. The van der Waals surface area contributed by atoms with Crippen molar-refractivity contribution in [2.45, 2.75) is 6.92 Å². The molecule has 0 aliphatic rings. The molecule has 0 unspecified atom stereocenters. The summed E-state index contributed by atoms with van der Waals surface area (Å²) in [5.41, 5.74) is 3.23. The molecule has 0 bridgehead atoms. The van der Waals surface area contributed by atoms with E-state index in [9.17, 15) is 9.59 Å². The van der Waals surface area contributed by atoms with Crippen LogP contribution < -0.4 is 15.5 Å². The summed E-state index contributed by atoms with van der Waals surface area (Å²) in [5, 5.41) is 7.29. The van der Waals surface area contributed by atoms with Crippen LogP contribution in [-0.4, -0.2) is 31.8 Å². The van der Waals surface area contributed by atoms with Crippen molar-refractivity contribution in [2.75, 3.05) is 19.0 Å². The fourth-order valence-corrected chi connectivity index (χ4v) is 3.17. The molecule has 10 heteroatoms. The van der Waals surface area contributed by atoms with Crippen LogP contribution in [0.4, 0.5) is 11.6 Å². The Morgan fingerprint density at radius 2 is 1.94 bits per heavy atom. The number of hydrogen-bond acceptors (Lipinski definition) is 7. The Balaban J connectivity index is 1.86. The van der Waals surface area contributed by atoms with E-state index in [4.69, 9.17) is 37.1 Å². The Hall–Kier alpha value is -3.49. The van der Waals surface area contributed by atoms with E-state index in [2.05, 4.69) is 15.8 Å². The molecule has 32 heavy (non-hydrogen) atoms. The lowest BCUT2D eigenvalue weighted by Crippen LogP contribution is -2.18. The van der Waals surface area contributed by atoms with Gasteiger partial charge in [-0.15, -0.1) is 0 Å². The van der Waals surface area contributed by atoms with Gasteiger partial charge in [0, 0.05) is 10.7 Å². The van der Waals surface area contributed by atoms with Crippen LogP contribution in [-0.2, 0) is 4.74 Å². The van der Waals surface area contributed by atoms with Crippen LogP contribution in [0.1, 0.15) is 33.4 Å². The van der Waals surface area contributed by atoms with Gasteiger partial charge in [0.15, 0.2) is 5.76 Å². The maximum Gasteiger partial charge on any atom is 0.345 e. The number of hydrogen-bond donors (Lipinski definition) is 2. The topological polar surface area (TPSA) is 102 Å². The fourth-order valence-electron chi connectivity index (χ4n) is 2.72. The minimum atomic E-state index is -0.677. The van der Waals surface area contributed by atoms with E-state index in [1.165, 1.54) is 13.3 Å². The largest absolute Gasteiger partial charge is 0.496 e. The summed E-state index contributed by atoms with van der Waals surface area (Å²) >= 11 is 12.4. The van der Waals surface area contributed by atoms with E-state index in [-0.39, 0.29) is 28.8 Å². The zero-order chi connectivity index (χ0) is 23.1. The minimum Gasteiger partial charge on any atom is -0.496 e. The maximum absolute atomic E-state index is 12.4. The molecule has 0 saturated heterocycles. The summed E-state index contributed by atoms with van der Waals surface area (Å²) in [6.07, 6.45) is 1.18. The standard InChI is InChI=1S/C22H19Cl2N3O5/c1-3-31-22(29)18-19(24)17(32-21(18)26-14-8-6-7-13(23)11-14)12-25-27-20(28)15-9-4-5-10-16(15)30-2/h4-12,26H,3H2,1-2H3,(H,27,28)/b25-12-. The van der Waals surface area contributed by atoms with Crippen LogP contribution in [0.5, 0.6) is 5.75 Å². The molecule has 0 fully saturated rings. The van der Waals surface area contributed by atoms with Crippen molar-refractivity contribution in [1.29, 1.82) is 0 Å². The van der Waals surface area contributed by atoms with Gasteiger partial charge in [0.25, 0.3) is 5.91 Å². The van der Waals surface area contributed by atoms with Gasteiger partial charge >= 0.3 is 5.97 Å². The summed E-state index contributed by atoms with van der Waals surface area (Å²) in [6, 6.07) is 13.5. The molecule has 8 nitrogen and oxygen atoms in total. The number of benzene rings is 2. The molecule has 1 amide bonds. The lowest BCUT2D eigenvalue weighted by molar-refractivity contribution is 0.0527. The number of furan rings is 1. The normalized spacial score (nSPS) is 10.8. The first-order valence-electron chi connectivity index (χ1n) is 9.43. The lowest BCUT2D eigenvalue weighted by atomic mass is 10.2. The molecule has 2 aromatic carbocycles. The van der Waals surface area contributed by atoms with Gasteiger partial charge in [-0.1, -0.05) is 41.4 Å². The molecule has 1 heterocycles. The van der Waals surface area contributed by atoms with Gasteiger partial charge in [0.2, 0.25) is 5.88 Å². The van der Waals surface area contributed by atoms with E-state index in [0.29, 0.717) is 22.0 Å². The van der Waals surface area contributed by atoms with Gasteiger partial charge in [0.1, 0.15) is 16.3 Å². The Labute approximate surface area is 194 Å². The quantitative estimate of drug-likeness (QED) is 0.261. The second-order valence-electron chi connectivity index (χ2n) is 6.24. The third kappa shape index (κ3) is 5.40. The molecule has 3 rings (SSSR count). The first-order chi connectivity index (χ1) is 15.4. The van der Waals surface area contributed by atoms with Crippen LogP contribution in [0.25, 0.3) is 0 Å². The number of hydrazone groups is 1. The molecule has 0 aliphatic carbocycles. The summed E-state index contributed by atoms with van der Waals surface area (Å²) in [7, 11) is 1.46. The predicted molar refractivity (Wildman–Crippen MR) is 122 cm³/mol. The number of rotatable bonds is 8. The maximum atomic E-state index is 12.4. The Morgan fingerprint density at radius 1 is 1.16 bits per heavy atom. The summed E-state index contributed by atoms with van der Waals surface area (Å²) in [4.78, 5) is 24.8. The molecular formula is C22H19Cl2N3O5. The highest BCUT2D eigenvalue weighted by molar-refractivity contribution is 6.36. The molecule has 0 radical (unpaired) electrons. The van der Waals surface area contributed by atoms with E-state index >= 15 is 0 Å². The second kappa shape index (κ2) is 10.7. The average Bonchev–Trinajstić information content (AvgIpc) is 3.08. The Kier molecular flexibility index (Phi) is 7.75.